The molecule has 0 bridgehead atoms. The first-order valence-corrected chi connectivity index (χ1v) is 10.6. The molecule has 1 amide bonds. The van der Waals surface area contributed by atoms with Crippen molar-refractivity contribution < 1.29 is 29.0 Å². The van der Waals surface area contributed by atoms with Crippen LogP contribution in [0.3, 0.4) is 0 Å². The fourth-order valence-corrected chi connectivity index (χ4v) is 3.09. The molecule has 0 aromatic heterocycles. The molecule has 0 aliphatic heterocycles. The Morgan fingerprint density at radius 3 is 2.12 bits per heavy atom. The van der Waals surface area contributed by atoms with Crippen LogP contribution in [0.2, 0.25) is 0 Å². The first-order valence-electron chi connectivity index (χ1n) is 10.6. The Hall–Kier alpha value is -3.35. The Morgan fingerprint density at radius 1 is 0.969 bits per heavy atom. The summed E-state index contributed by atoms with van der Waals surface area (Å²) in [7, 11) is 0. The lowest BCUT2D eigenvalue weighted by atomic mass is 9.88. The molecule has 0 aliphatic rings. The van der Waals surface area contributed by atoms with Crippen LogP contribution in [0.4, 0.5) is 4.79 Å². The van der Waals surface area contributed by atoms with Crippen LogP contribution < -0.4 is 10.1 Å². The zero-order chi connectivity index (χ0) is 23.8. The van der Waals surface area contributed by atoms with Gasteiger partial charge in [0.25, 0.3) is 0 Å². The molecule has 0 heterocycles. The van der Waals surface area contributed by atoms with E-state index in [1.54, 1.807) is 52.0 Å². The summed E-state index contributed by atoms with van der Waals surface area (Å²) in [4.78, 5) is 36.8. The van der Waals surface area contributed by atoms with E-state index in [1.807, 2.05) is 30.3 Å². The van der Waals surface area contributed by atoms with E-state index in [4.69, 9.17) is 9.47 Å². The maximum absolute atomic E-state index is 12.7. The van der Waals surface area contributed by atoms with Gasteiger partial charge in [-0.3, -0.25) is 4.79 Å². The van der Waals surface area contributed by atoms with Crippen LogP contribution in [0.25, 0.3) is 0 Å². The third kappa shape index (κ3) is 7.41. The largest absolute Gasteiger partial charge is 0.489 e. The van der Waals surface area contributed by atoms with E-state index in [1.165, 1.54) is 0 Å². The average Bonchev–Trinajstić information content (AvgIpc) is 2.74. The van der Waals surface area contributed by atoms with E-state index < -0.39 is 23.2 Å². The quantitative estimate of drug-likeness (QED) is 0.504. The molecule has 7 nitrogen and oxygen atoms in total. The lowest BCUT2D eigenvalue weighted by molar-refractivity contribution is -0.145. The summed E-state index contributed by atoms with van der Waals surface area (Å²) >= 11 is 0. The first-order chi connectivity index (χ1) is 15.0. The van der Waals surface area contributed by atoms with Crippen LogP contribution in [0.15, 0.2) is 54.6 Å². The lowest BCUT2D eigenvalue weighted by Crippen LogP contribution is -2.55. The minimum absolute atomic E-state index is 0.0415. The number of amides is 1. The number of benzene rings is 2. The van der Waals surface area contributed by atoms with Gasteiger partial charge in [0.15, 0.2) is 5.78 Å². The number of aliphatic carboxylic acids is 1. The Labute approximate surface area is 188 Å². The van der Waals surface area contributed by atoms with Crippen molar-refractivity contribution in [1.82, 2.24) is 5.32 Å². The number of ketones is 1. The summed E-state index contributed by atoms with van der Waals surface area (Å²) in [6.07, 6.45) is -0.807. The van der Waals surface area contributed by atoms with Gasteiger partial charge in [-0.15, -0.1) is 0 Å². The smallest absolute Gasteiger partial charge is 0.408 e. The molecule has 0 unspecified atom stereocenters. The number of carboxylic acid groups (broad SMARTS) is 1. The molecule has 0 spiro atoms. The van der Waals surface area contributed by atoms with E-state index in [-0.39, 0.29) is 25.0 Å². The molecule has 0 aliphatic carbocycles. The molecule has 2 rings (SSSR count). The number of ether oxygens (including phenoxy) is 2. The van der Waals surface area contributed by atoms with Gasteiger partial charge in [0.1, 0.15) is 23.5 Å². The minimum atomic E-state index is -1.59. The third-order valence-electron chi connectivity index (χ3n) is 4.96. The number of carbonyl (C=O) groups excluding carboxylic acids is 2. The molecule has 0 fully saturated rings. The van der Waals surface area contributed by atoms with E-state index in [0.717, 1.165) is 5.56 Å². The summed E-state index contributed by atoms with van der Waals surface area (Å²) in [5.41, 5.74) is -0.863. The second kappa shape index (κ2) is 10.8. The Kier molecular flexibility index (Phi) is 8.41. The zero-order valence-electron chi connectivity index (χ0n) is 19.0. The number of nitrogens with one attached hydrogen (secondary N) is 1. The van der Waals surface area contributed by atoms with Crippen molar-refractivity contribution in [1.29, 1.82) is 0 Å². The van der Waals surface area contributed by atoms with Gasteiger partial charge in [-0.05, 0) is 63.4 Å². The molecule has 32 heavy (non-hydrogen) atoms. The van der Waals surface area contributed by atoms with Gasteiger partial charge in [0, 0.05) is 12.0 Å². The van der Waals surface area contributed by atoms with Crippen LogP contribution in [0, 0.1) is 0 Å². The number of hydrogen-bond donors (Lipinski definition) is 2. The lowest BCUT2D eigenvalue weighted by Gasteiger charge is -2.30. The molecule has 0 saturated carbocycles. The number of rotatable bonds is 10. The van der Waals surface area contributed by atoms with Crippen molar-refractivity contribution in [2.24, 2.45) is 0 Å². The molecule has 2 aromatic carbocycles. The number of Topliss-reactive ketones (excluding diaryl/α,β-unsaturated/α-hetero) is 1. The van der Waals surface area contributed by atoms with Gasteiger partial charge in [0.05, 0.1) is 0 Å². The summed E-state index contributed by atoms with van der Waals surface area (Å²) in [5, 5.41) is 12.2. The summed E-state index contributed by atoms with van der Waals surface area (Å²) in [6, 6.07) is 16.5. The molecular formula is C25H31NO6. The normalized spacial score (nSPS) is 13.0. The van der Waals surface area contributed by atoms with Crippen LogP contribution in [-0.4, -0.2) is 34.1 Å². The number of hydrogen-bond acceptors (Lipinski definition) is 5. The van der Waals surface area contributed by atoms with Crippen LogP contribution in [-0.2, 0) is 16.1 Å². The Bertz CT molecular complexity index is 918. The van der Waals surface area contributed by atoms with Gasteiger partial charge in [-0.1, -0.05) is 37.3 Å². The summed E-state index contributed by atoms with van der Waals surface area (Å²) in [5.74, 6) is -0.793. The van der Waals surface area contributed by atoms with E-state index >= 15 is 0 Å². The van der Waals surface area contributed by atoms with Crippen LogP contribution >= 0.6 is 0 Å². The molecule has 1 atom stereocenters. The van der Waals surface area contributed by atoms with Crippen molar-refractivity contribution in [3.05, 3.63) is 65.7 Å². The topological polar surface area (TPSA) is 102 Å². The summed E-state index contributed by atoms with van der Waals surface area (Å²) < 4.78 is 10.9. The van der Waals surface area contributed by atoms with Crippen LogP contribution in [0.5, 0.6) is 5.75 Å². The van der Waals surface area contributed by atoms with Gasteiger partial charge >= 0.3 is 12.1 Å². The van der Waals surface area contributed by atoms with Crippen molar-refractivity contribution in [3.63, 3.8) is 0 Å². The van der Waals surface area contributed by atoms with E-state index in [2.05, 4.69) is 5.32 Å². The van der Waals surface area contributed by atoms with Gasteiger partial charge in [-0.2, -0.15) is 0 Å². The summed E-state index contributed by atoms with van der Waals surface area (Å²) in [6.45, 7) is 7.14. The van der Waals surface area contributed by atoms with Gasteiger partial charge in [0.2, 0.25) is 0 Å². The second-order valence-corrected chi connectivity index (χ2v) is 8.59. The van der Waals surface area contributed by atoms with Crippen molar-refractivity contribution in [2.45, 2.75) is 64.7 Å². The SMILES string of the molecule is CC[C@@](CCC(=O)c1ccc(OCc2ccccc2)cc1)(NC(=O)OC(C)(C)C)C(=O)O. The average molecular weight is 442 g/mol. The van der Waals surface area contributed by atoms with Crippen molar-refractivity contribution in [2.75, 3.05) is 0 Å². The first kappa shape index (κ1) is 24.9. The highest BCUT2D eigenvalue weighted by Crippen LogP contribution is 2.22. The standard InChI is InChI=1S/C25H31NO6/c1-5-25(22(28)29,26-23(30)32-24(2,3)4)16-15-21(27)19-11-13-20(14-12-19)31-17-18-9-7-6-8-10-18/h6-14H,5,15-17H2,1-4H3,(H,26,30)(H,28,29)/t25-/m0/s1. The van der Waals surface area contributed by atoms with Crippen LogP contribution in [0.1, 0.15) is 62.9 Å². The number of alkyl carbamates (subject to hydrolysis) is 1. The number of carbonyl (C=O) groups is 3. The predicted octanol–water partition coefficient (Wildman–Crippen LogP) is 4.99. The highest BCUT2D eigenvalue weighted by molar-refractivity contribution is 5.96. The number of carboxylic acids is 1. The predicted molar refractivity (Wildman–Crippen MR) is 121 cm³/mol. The minimum Gasteiger partial charge on any atom is -0.489 e. The van der Waals surface area contributed by atoms with Gasteiger partial charge in [-0.25, -0.2) is 9.59 Å². The molecule has 2 aromatic rings. The monoisotopic (exact) mass is 441 g/mol. The maximum Gasteiger partial charge on any atom is 0.408 e. The zero-order valence-corrected chi connectivity index (χ0v) is 19.0. The van der Waals surface area contributed by atoms with Crippen molar-refractivity contribution in [3.8, 4) is 5.75 Å². The van der Waals surface area contributed by atoms with E-state index in [0.29, 0.717) is 17.9 Å². The molecule has 172 valence electrons. The fourth-order valence-electron chi connectivity index (χ4n) is 3.09. The Morgan fingerprint density at radius 2 is 1.59 bits per heavy atom. The third-order valence-corrected chi connectivity index (χ3v) is 4.96. The molecular weight excluding hydrogens is 410 g/mol. The van der Waals surface area contributed by atoms with Crippen molar-refractivity contribution >= 4 is 17.8 Å². The fraction of sp³-hybridized carbons (Fsp3) is 0.400. The molecule has 0 radical (unpaired) electrons. The molecule has 0 saturated heterocycles. The Balaban J connectivity index is 1.98. The second-order valence-electron chi connectivity index (χ2n) is 8.59. The highest BCUT2D eigenvalue weighted by atomic mass is 16.6. The highest BCUT2D eigenvalue weighted by Gasteiger charge is 2.39. The molecule has 2 N–H and O–H groups in total. The maximum atomic E-state index is 12.7. The molecule has 7 heteroatoms. The van der Waals surface area contributed by atoms with Gasteiger partial charge < -0.3 is 19.9 Å². The van der Waals surface area contributed by atoms with E-state index in [9.17, 15) is 19.5 Å².